The predicted molar refractivity (Wildman–Crippen MR) is 82.6 cm³/mol. The van der Waals surface area contributed by atoms with Crippen molar-refractivity contribution < 1.29 is 4.74 Å². The quantitative estimate of drug-likeness (QED) is 0.888. The highest BCUT2D eigenvalue weighted by molar-refractivity contribution is 5.31. The van der Waals surface area contributed by atoms with Crippen molar-refractivity contribution >= 4 is 0 Å². The van der Waals surface area contributed by atoms with Gasteiger partial charge in [-0.3, -0.25) is 0 Å². The van der Waals surface area contributed by atoms with Gasteiger partial charge < -0.3 is 10.5 Å². The van der Waals surface area contributed by atoms with Crippen molar-refractivity contribution in [1.29, 1.82) is 0 Å². The van der Waals surface area contributed by atoms with Crippen molar-refractivity contribution in [1.82, 2.24) is 0 Å². The largest absolute Gasteiger partial charge is 0.373 e. The first-order valence-electron chi connectivity index (χ1n) is 8.08. The zero-order valence-electron chi connectivity index (χ0n) is 12.8. The summed E-state index contributed by atoms with van der Waals surface area (Å²) in [6, 6.07) is 8.71. The van der Waals surface area contributed by atoms with Crippen molar-refractivity contribution in [3.63, 3.8) is 0 Å². The first-order chi connectivity index (χ1) is 9.60. The Hall–Kier alpha value is -0.860. The summed E-state index contributed by atoms with van der Waals surface area (Å²) < 4.78 is 6.08. The van der Waals surface area contributed by atoms with E-state index < -0.39 is 0 Å². The fourth-order valence-corrected chi connectivity index (χ4v) is 4.08. The second kappa shape index (κ2) is 5.50. The molecule has 1 heterocycles. The highest BCUT2D eigenvalue weighted by atomic mass is 16.5. The molecule has 0 spiro atoms. The monoisotopic (exact) mass is 273 g/mol. The Balaban J connectivity index is 1.81. The lowest BCUT2D eigenvalue weighted by Crippen LogP contribution is -2.52. The van der Waals surface area contributed by atoms with Gasteiger partial charge in [-0.05, 0) is 42.2 Å². The van der Waals surface area contributed by atoms with E-state index in [0.29, 0.717) is 5.92 Å². The first-order valence-corrected chi connectivity index (χ1v) is 8.08. The van der Waals surface area contributed by atoms with E-state index in [-0.39, 0.29) is 11.6 Å². The molecule has 1 aromatic carbocycles. The van der Waals surface area contributed by atoms with Crippen molar-refractivity contribution in [2.24, 2.45) is 17.6 Å². The summed E-state index contributed by atoms with van der Waals surface area (Å²) in [5.74, 6) is 1.31. The number of hydrogen-bond donors (Lipinski definition) is 1. The third kappa shape index (κ3) is 2.51. The Morgan fingerprint density at radius 1 is 1.30 bits per heavy atom. The van der Waals surface area contributed by atoms with Gasteiger partial charge in [-0.15, -0.1) is 0 Å². The smallest absolute Gasteiger partial charge is 0.0845 e. The Morgan fingerprint density at radius 3 is 2.95 bits per heavy atom. The molecule has 110 valence electrons. The van der Waals surface area contributed by atoms with Gasteiger partial charge in [0.15, 0.2) is 0 Å². The van der Waals surface area contributed by atoms with Gasteiger partial charge >= 0.3 is 0 Å². The summed E-state index contributed by atoms with van der Waals surface area (Å²) in [6.45, 7) is 5.52. The maximum Gasteiger partial charge on any atom is 0.0845 e. The number of nitrogens with two attached hydrogens (primary N) is 1. The van der Waals surface area contributed by atoms with Crippen molar-refractivity contribution in [3.8, 4) is 0 Å². The Kier molecular flexibility index (Phi) is 3.87. The number of rotatable bonds is 2. The van der Waals surface area contributed by atoms with E-state index in [1.54, 1.807) is 0 Å². The fraction of sp³-hybridized carbons (Fsp3) is 0.667. The first kappa shape index (κ1) is 14.1. The lowest BCUT2D eigenvalue weighted by molar-refractivity contribution is -0.000997. The molecular weight excluding hydrogens is 246 g/mol. The number of ether oxygens (including phenoxy) is 1. The van der Waals surface area contributed by atoms with Crippen LogP contribution in [0.25, 0.3) is 0 Å². The van der Waals surface area contributed by atoms with Crippen LogP contribution in [0.1, 0.15) is 56.8 Å². The molecule has 1 saturated carbocycles. The molecule has 0 radical (unpaired) electrons. The van der Waals surface area contributed by atoms with Crippen LogP contribution in [0.15, 0.2) is 24.3 Å². The molecule has 3 rings (SSSR count). The molecule has 1 fully saturated rings. The highest BCUT2D eigenvalue weighted by Crippen LogP contribution is 2.43. The normalized spacial score (nSPS) is 37.5. The van der Waals surface area contributed by atoms with Gasteiger partial charge in [-0.2, -0.15) is 0 Å². The standard InChI is InChI=1S/C18H27NO/c1-13-6-5-10-18(19,14(13)2)12-17-16-8-4-3-7-15(16)9-11-20-17/h3-4,7-8,13-14,17H,5-6,9-12,19H2,1-2H3. The third-order valence-electron chi connectivity index (χ3n) is 5.72. The Morgan fingerprint density at radius 2 is 2.10 bits per heavy atom. The molecule has 4 atom stereocenters. The van der Waals surface area contributed by atoms with E-state index in [0.717, 1.165) is 31.8 Å². The van der Waals surface area contributed by atoms with Gasteiger partial charge in [-0.1, -0.05) is 51.0 Å². The van der Waals surface area contributed by atoms with Crippen LogP contribution in [-0.2, 0) is 11.2 Å². The van der Waals surface area contributed by atoms with Crippen LogP contribution in [0.2, 0.25) is 0 Å². The number of hydrogen-bond acceptors (Lipinski definition) is 2. The summed E-state index contributed by atoms with van der Waals surface area (Å²) in [5, 5.41) is 0. The van der Waals surface area contributed by atoms with Crippen LogP contribution >= 0.6 is 0 Å². The SMILES string of the molecule is CC1CCCC(N)(CC2OCCc3ccccc32)C1C. The molecule has 0 bridgehead atoms. The molecule has 0 saturated heterocycles. The van der Waals surface area contributed by atoms with Crippen LogP contribution in [0, 0.1) is 11.8 Å². The van der Waals surface area contributed by atoms with Crippen LogP contribution in [-0.4, -0.2) is 12.1 Å². The number of fused-ring (bicyclic) bond motifs is 1. The summed E-state index contributed by atoms with van der Waals surface area (Å²) in [6.07, 6.45) is 5.92. The van der Waals surface area contributed by atoms with Crippen molar-refractivity contribution in [3.05, 3.63) is 35.4 Å². The summed E-state index contributed by atoms with van der Waals surface area (Å²) >= 11 is 0. The molecule has 1 aliphatic carbocycles. The average molecular weight is 273 g/mol. The second-order valence-electron chi connectivity index (χ2n) is 6.90. The van der Waals surface area contributed by atoms with Gasteiger partial charge in [0.05, 0.1) is 12.7 Å². The van der Waals surface area contributed by atoms with Crippen LogP contribution < -0.4 is 5.73 Å². The van der Waals surface area contributed by atoms with E-state index in [4.69, 9.17) is 10.5 Å². The van der Waals surface area contributed by atoms with Crippen LogP contribution in [0.5, 0.6) is 0 Å². The maximum absolute atomic E-state index is 6.80. The average Bonchev–Trinajstić information content (AvgIpc) is 2.45. The highest BCUT2D eigenvalue weighted by Gasteiger charge is 2.41. The van der Waals surface area contributed by atoms with Crippen molar-refractivity contribution in [2.45, 2.75) is 57.6 Å². The molecule has 0 aromatic heterocycles. The summed E-state index contributed by atoms with van der Waals surface area (Å²) in [4.78, 5) is 0. The third-order valence-corrected chi connectivity index (χ3v) is 5.72. The molecule has 1 aliphatic heterocycles. The van der Waals surface area contributed by atoms with Gasteiger partial charge in [-0.25, -0.2) is 0 Å². The minimum Gasteiger partial charge on any atom is -0.373 e. The fourth-order valence-electron chi connectivity index (χ4n) is 4.08. The molecule has 20 heavy (non-hydrogen) atoms. The van der Waals surface area contributed by atoms with E-state index >= 15 is 0 Å². The lowest BCUT2D eigenvalue weighted by atomic mass is 9.66. The van der Waals surface area contributed by atoms with Crippen LogP contribution in [0.4, 0.5) is 0 Å². The minimum absolute atomic E-state index is 0.0627. The lowest BCUT2D eigenvalue weighted by Gasteiger charge is -2.45. The molecule has 2 heteroatoms. The molecule has 2 aliphatic rings. The number of benzene rings is 1. The second-order valence-corrected chi connectivity index (χ2v) is 6.90. The topological polar surface area (TPSA) is 35.2 Å². The molecule has 4 unspecified atom stereocenters. The van der Waals surface area contributed by atoms with E-state index in [1.165, 1.54) is 24.0 Å². The van der Waals surface area contributed by atoms with Gasteiger partial charge in [0.25, 0.3) is 0 Å². The maximum atomic E-state index is 6.80. The zero-order valence-corrected chi connectivity index (χ0v) is 12.8. The zero-order chi connectivity index (χ0) is 14.2. The molecule has 2 N–H and O–H groups in total. The molecule has 1 aromatic rings. The Labute approximate surface area is 122 Å². The minimum atomic E-state index is -0.0627. The van der Waals surface area contributed by atoms with Gasteiger partial charge in [0.1, 0.15) is 0 Å². The summed E-state index contributed by atoms with van der Waals surface area (Å²) in [7, 11) is 0. The summed E-state index contributed by atoms with van der Waals surface area (Å²) in [5.41, 5.74) is 9.56. The van der Waals surface area contributed by atoms with Gasteiger partial charge in [0.2, 0.25) is 0 Å². The van der Waals surface area contributed by atoms with Crippen LogP contribution in [0.3, 0.4) is 0 Å². The van der Waals surface area contributed by atoms with E-state index in [1.807, 2.05) is 0 Å². The van der Waals surface area contributed by atoms with Crippen molar-refractivity contribution in [2.75, 3.05) is 6.61 Å². The van der Waals surface area contributed by atoms with E-state index in [2.05, 4.69) is 38.1 Å². The van der Waals surface area contributed by atoms with E-state index in [9.17, 15) is 0 Å². The Bertz CT molecular complexity index is 472. The molecule has 0 amide bonds. The van der Waals surface area contributed by atoms with Gasteiger partial charge in [0, 0.05) is 5.54 Å². The predicted octanol–water partition coefficient (Wildman–Crippen LogP) is 3.84. The molecule has 2 nitrogen and oxygen atoms in total. The molecular formula is C18H27NO.